The Morgan fingerprint density at radius 1 is 1.29 bits per heavy atom. The Balaban J connectivity index is 2.10. The molecule has 2 aromatic rings. The molecule has 0 aliphatic carbocycles. The van der Waals surface area contributed by atoms with Crippen molar-refractivity contribution in [3.8, 4) is 0 Å². The molecule has 1 atom stereocenters. The number of amides is 3. The number of methoxy groups -OCH3 is 1. The Morgan fingerprint density at radius 2 is 1.97 bits per heavy atom. The minimum absolute atomic E-state index is 0.0314. The van der Waals surface area contributed by atoms with Gasteiger partial charge in [0, 0.05) is 18.0 Å². The van der Waals surface area contributed by atoms with Gasteiger partial charge >= 0.3 is 18.3 Å². The van der Waals surface area contributed by atoms with Gasteiger partial charge in [0.15, 0.2) is 0 Å². The van der Waals surface area contributed by atoms with Crippen molar-refractivity contribution in [2.24, 2.45) is 10.7 Å². The van der Waals surface area contributed by atoms with Crippen molar-refractivity contribution in [1.29, 1.82) is 0 Å². The summed E-state index contributed by atoms with van der Waals surface area (Å²) in [6, 6.07) is 3.09. The second kappa shape index (κ2) is 9.51. The molecule has 0 radical (unpaired) electrons. The van der Waals surface area contributed by atoms with Crippen LogP contribution in [0.1, 0.15) is 29.7 Å². The number of carbonyl (C=O) groups is 2. The number of carbonyl (C=O) groups excluding carboxylic acids is 2. The molecule has 0 aliphatic heterocycles. The van der Waals surface area contributed by atoms with Crippen LogP contribution in [0.15, 0.2) is 35.5 Å². The maximum absolute atomic E-state index is 13.0. The van der Waals surface area contributed by atoms with E-state index in [1.54, 1.807) is 0 Å². The van der Waals surface area contributed by atoms with Gasteiger partial charge < -0.3 is 21.5 Å². The van der Waals surface area contributed by atoms with Crippen molar-refractivity contribution in [3.05, 3.63) is 52.2 Å². The minimum Gasteiger partial charge on any atom is -0.451 e. The van der Waals surface area contributed by atoms with E-state index in [-0.39, 0.29) is 28.5 Å². The average molecular weight is 459 g/mol. The number of amidine groups is 1. The smallest absolute Gasteiger partial charge is 0.435 e. The number of nitrogen functional groups attached to an aromatic ring is 1. The molecular weight excluding hydrogens is 441 g/mol. The lowest BCUT2D eigenvalue weighted by Crippen LogP contribution is -2.31. The van der Waals surface area contributed by atoms with Crippen LogP contribution in [0.2, 0.25) is 5.02 Å². The first-order valence-corrected chi connectivity index (χ1v) is 8.92. The summed E-state index contributed by atoms with van der Waals surface area (Å²) in [7, 11) is 1.13. The number of nitrogens with one attached hydrogen (secondary N) is 2. The van der Waals surface area contributed by atoms with Crippen LogP contribution in [0.5, 0.6) is 0 Å². The second-order valence-electron chi connectivity index (χ2n) is 6.18. The Bertz CT molecular complexity index is 1030. The predicted octanol–water partition coefficient (Wildman–Crippen LogP) is 3.69. The predicted molar refractivity (Wildman–Crippen MR) is 109 cm³/mol. The molecule has 0 saturated heterocycles. The van der Waals surface area contributed by atoms with Crippen molar-refractivity contribution in [2.45, 2.75) is 19.1 Å². The molecular formula is C18H18ClF3N6O3. The lowest BCUT2D eigenvalue weighted by molar-refractivity contribution is -0.137. The van der Waals surface area contributed by atoms with E-state index in [0.29, 0.717) is 0 Å². The number of aliphatic imine (C=N–C) groups is 1. The van der Waals surface area contributed by atoms with Gasteiger partial charge in [-0.15, -0.1) is 0 Å². The zero-order chi connectivity index (χ0) is 23.3. The monoisotopic (exact) mass is 458 g/mol. The highest BCUT2D eigenvalue weighted by Gasteiger charge is 2.33. The first-order valence-electron chi connectivity index (χ1n) is 8.54. The van der Waals surface area contributed by atoms with E-state index < -0.39 is 34.9 Å². The van der Waals surface area contributed by atoms with Crippen molar-refractivity contribution in [3.63, 3.8) is 0 Å². The quantitative estimate of drug-likeness (QED) is 0.406. The molecule has 0 spiro atoms. The number of hydrogen-bond donors (Lipinski definition) is 4. The number of ether oxygens (including phenoxy) is 1. The van der Waals surface area contributed by atoms with Crippen LogP contribution >= 0.6 is 11.6 Å². The number of aromatic nitrogens is 1. The van der Waals surface area contributed by atoms with Gasteiger partial charge in [-0.05, 0) is 24.6 Å². The summed E-state index contributed by atoms with van der Waals surface area (Å²) >= 11 is 5.60. The molecule has 6 N–H and O–H groups in total. The molecule has 31 heavy (non-hydrogen) atoms. The van der Waals surface area contributed by atoms with Crippen molar-refractivity contribution >= 4 is 41.1 Å². The molecule has 0 saturated carbocycles. The maximum atomic E-state index is 13.0. The third-order valence-corrected chi connectivity index (χ3v) is 4.31. The Morgan fingerprint density at radius 3 is 2.55 bits per heavy atom. The van der Waals surface area contributed by atoms with Gasteiger partial charge in [0.2, 0.25) is 0 Å². The van der Waals surface area contributed by atoms with Crippen molar-refractivity contribution < 1.29 is 27.5 Å². The zero-order valence-electron chi connectivity index (χ0n) is 16.2. The molecule has 0 aliphatic rings. The van der Waals surface area contributed by atoms with E-state index in [1.165, 1.54) is 25.3 Å². The molecule has 3 amide bonds. The van der Waals surface area contributed by atoms with E-state index in [2.05, 4.69) is 25.3 Å². The summed E-state index contributed by atoms with van der Waals surface area (Å²) in [5.41, 5.74) is 10.9. The lowest BCUT2D eigenvalue weighted by atomic mass is 10.0. The van der Waals surface area contributed by atoms with Gasteiger partial charge in [-0.2, -0.15) is 18.2 Å². The van der Waals surface area contributed by atoms with Gasteiger partial charge in [-0.1, -0.05) is 17.7 Å². The molecule has 0 fully saturated rings. The highest BCUT2D eigenvalue weighted by atomic mass is 35.5. The van der Waals surface area contributed by atoms with Crippen LogP contribution in [0.3, 0.4) is 0 Å². The van der Waals surface area contributed by atoms with Crippen LogP contribution < -0.4 is 22.1 Å². The number of halogens is 4. The summed E-state index contributed by atoms with van der Waals surface area (Å²) in [6.45, 7) is 1.50. The number of benzene rings is 1. The zero-order valence-corrected chi connectivity index (χ0v) is 17.0. The number of pyridine rings is 1. The van der Waals surface area contributed by atoms with Gasteiger partial charge in [-0.25, -0.2) is 14.6 Å². The number of nitrogens with zero attached hydrogens (tertiary/aromatic N) is 2. The summed E-state index contributed by atoms with van der Waals surface area (Å²) in [4.78, 5) is 30.7. The van der Waals surface area contributed by atoms with Gasteiger partial charge in [0.05, 0.1) is 29.3 Å². The number of urea groups is 1. The van der Waals surface area contributed by atoms with Gasteiger partial charge in [-0.3, -0.25) is 5.32 Å². The van der Waals surface area contributed by atoms with E-state index in [9.17, 15) is 22.8 Å². The molecule has 1 heterocycles. The topological polar surface area (TPSA) is 145 Å². The third-order valence-electron chi connectivity index (χ3n) is 3.98. The number of alkyl halides is 3. The van der Waals surface area contributed by atoms with Crippen LogP contribution in [0, 0.1) is 0 Å². The lowest BCUT2D eigenvalue weighted by Gasteiger charge is -2.17. The molecule has 1 aromatic heterocycles. The van der Waals surface area contributed by atoms with E-state index in [0.717, 1.165) is 19.2 Å². The number of anilines is 2. The fourth-order valence-electron chi connectivity index (χ4n) is 2.42. The highest BCUT2D eigenvalue weighted by Crippen LogP contribution is 2.36. The molecule has 1 aromatic carbocycles. The summed E-state index contributed by atoms with van der Waals surface area (Å²) < 4.78 is 43.4. The van der Waals surface area contributed by atoms with Crippen LogP contribution in [0.4, 0.5) is 34.3 Å². The first kappa shape index (κ1) is 23.7. The van der Waals surface area contributed by atoms with Gasteiger partial charge in [0.1, 0.15) is 11.7 Å². The molecule has 2 rings (SSSR count). The third kappa shape index (κ3) is 6.22. The van der Waals surface area contributed by atoms with E-state index >= 15 is 0 Å². The minimum atomic E-state index is -4.63. The molecule has 13 heteroatoms. The molecule has 9 nitrogen and oxygen atoms in total. The molecule has 166 valence electrons. The normalized spacial score (nSPS) is 12.8. The second-order valence-corrected chi connectivity index (χ2v) is 6.59. The standard InChI is InChI=1S/C18H18ClF3N6O3/c1-8(9-3-4-12(19)11(5-9)18(20,21)22)26-16(29)27-14-6-13(23)10(7-25-14)15(24)28-17(30)31-2/h3-8H,1-2H3,(H2,24,28,30)(H4,23,25,26,27,29)/t8-/m1/s1. The fourth-order valence-corrected chi connectivity index (χ4v) is 2.64. The van der Waals surface area contributed by atoms with E-state index in [4.69, 9.17) is 23.1 Å². The van der Waals surface area contributed by atoms with Crippen LogP contribution in [-0.4, -0.2) is 30.1 Å². The summed E-state index contributed by atoms with van der Waals surface area (Å²) in [5, 5.41) is 4.44. The Labute approximate surface area is 179 Å². The summed E-state index contributed by atoms with van der Waals surface area (Å²) in [5.74, 6) is -0.200. The molecule has 0 bridgehead atoms. The fraction of sp³-hybridized carbons (Fsp3) is 0.222. The number of nitrogens with two attached hydrogens (primary N) is 2. The first-order chi connectivity index (χ1) is 14.4. The van der Waals surface area contributed by atoms with E-state index in [1.807, 2.05) is 0 Å². The summed E-state index contributed by atoms with van der Waals surface area (Å²) in [6.07, 6.45) is -4.37. The van der Waals surface area contributed by atoms with Crippen molar-refractivity contribution in [2.75, 3.05) is 18.2 Å². The Kier molecular flexibility index (Phi) is 7.28. The maximum Gasteiger partial charge on any atom is 0.435 e. The number of hydrogen-bond acceptors (Lipinski definition) is 5. The number of rotatable bonds is 4. The van der Waals surface area contributed by atoms with Crippen LogP contribution in [-0.2, 0) is 10.9 Å². The van der Waals surface area contributed by atoms with Crippen molar-refractivity contribution in [1.82, 2.24) is 10.3 Å². The largest absolute Gasteiger partial charge is 0.451 e. The van der Waals surface area contributed by atoms with Gasteiger partial charge in [0.25, 0.3) is 0 Å². The SMILES string of the molecule is COC(=O)/N=C(/N)c1cnc(NC(=O)N[C@H](C)c2ccc(Cl)c(C(F)(F)F)c2)cc1N. The molecule has 0 unspecified atom stereocenters. The highest BCUT2D eigenvalue weighted by molar-refractivity contribution is 6.31. The average Bonchev–Trinajstić information content (AvgIpc) is 2.66. The van der Waals surface area contributed by atoms with Crippen LogP contribution in [0.25, 0.3) is 0 Å². The Hall–Kier alpha value is -3.54.